The van der Waals surface area contributed by atoms with E-state index in [2.05, 4.69) is 5.10 Å². The molecular weight excluding hydrogens is 364 g/mol. The number of esters is 1. The van der Waals surface area contributed by atoms with Gasteiger partial charge in [0.25, 0.3) is 0 Å². The number of aromatic nitrogens is 2. The van der Waals surface area contributed by atoms with Crippen LogP contribution in [0.25, 0.3) is 16.8 Å². The molecule has 0 radical (unpaired) electrons. The molecule has 0 spiro atoms. The molecule has 3 aromatic rings. The Balaban J connectivity index is 2.36. The van der Waals surface area contributed by atoms with Crippen LogP contribution in [-0.2, 0) is 4.74 Å². The van der Waals surface area contributed by atoms with Crippen LogP contribution in [0.1, 0.15) is 23.0 Å². The van der Waals surface area contributed by atoms with Crippen LogP contribution < -0.4 is 5.49 Å². The molecule has 0 aliphatic heterocycles. The maximum absolute atomic E-state index is 12.6. The fraction of sp³-hybridized carbons (Fsp3) is 0.100. The molecule has 0 fully saturated rings. The molecule has 3 rings (SSSR count). The third-order valence-electron chi connectivity index (χ3n) is 3.85. The monoisotopic (exact) mass is 378 g/mol. The van der Waals surface area contributed by atoms with Gasteiger partial charge in [-0.2, -0.15) is 10.4 Å². The average molecular weight is 379 g/mol. The number of hydrogen-bond donors (Lipinski definition) is 1. The van der Waals surface area contributed by atoms with Gasteiger partial charge >= 0.3 is 5.97 Å². The molecule has 2 aromatic carbocycles. The summed E-state index contributed by atoms with van der Waals surface area (Å²) in [5.74, 6) is -0.657. The van der Waals surface area contributed by atoms with Crippen molar-refractivity contribution >= 4 is 17.6 Å². The SMILES string of the molecule is CCOC(=O)c1nn(-c2ccc(Cl)cc2)c(=N)c(C#N)c1-c1ccccc1. The van der Waals surface area contributed by atoms with Crippen molar-refractivity contribution in [3.05, 3.63) is 76.4 Å². The van der Waals surface area contributed by atoms with Crippen LogP contribution in [0.4, 0.5) is 0 Å². The minimum Gasteiger partial charge on any atom is -0.461 e. The van der Waals surface area contributed by atoms with Crippen LogP contribution in [0.2, 0.25) is 5.02 Å². The highest BCUT2D eigenvalue weighted by Crippen LogP contribution is 2.25. The van der Waals surface area contributed by atoms with Crippen LogP contribution in [0, 0.1) is 16.7 Å². The molecule has 0 unspecified atom stereocenters. The Kier molecular flexibility index (Phi) is 5.34. The van der Waals surface area contributed by atoms with Gasteiger partial charge in [-0.15, -0.1) is 0 Å². The quantitative estimate of drug-likeness (QED) is 0.700. The van der Waals surface area contributed by atoms with Gasteiger partial charge in [-0.05, 0) is 36.8 Å². The fourth-order valence-corrected chi connectivity index (χ4v) is 2.77. The number of carbonyl (C=O) groups excluding carboxylic acids is 1. The third kappa shape index (κ3) is 3.59. The predicted octanol–water partition coefficient (Wildman–Crippen LogP) is 3.72. The van der Waals surface area contributed by atoms with E-state index < -0.39 is 5.97 Å². The Morgan fingerprint density at radius 1 is 1.22 bits per heavy atom. The molecular formula is C20H15ClN4O2. The van der Waals surface area contributed by atoms with E-state index in [0.29, 0.717) is 16.3 Å². The summed E-state index contributed by atoms with van der Waals surface area (Å²) in [4.78, 5) is 12.6. The van der Waals surface area contributed by atoms with Gasteiger partial charge in [-0.1, -0.05) is 41.9 Å². The van der Waals surface area contributed by atoms with Crippen molar-refractivity contribution in [1.82, 2.24) is 9.78 Å². The number of nitriles is 1. The Bertz CT molecular complexity index is 1080. The molecule has 0 saturated carbocycles. The predicted molar refractivity (Wildman–Crippen MR) is 101 cm³/mol. The lowest BCUT2D eigenvalue weighted by atomic mass is 9.99. The molecule has 0 atom stereocenters. The minimum absolute atomic E-state index is 0.0226. The van der Waals surface area contributed by atoms with Crippen LogP contribution in [0.3, 0.4) is 0 Å². The number of benzene rings is 2. The van der Waals surface area contributed by atoms with E-state index in [1.165, 1.54) is 4.68 Å². The summed E-state index contributed by atoms with van der Waals surface area (Å²) in [5.41, 5.74) is 1.28. The Morgan fingerprint density at radius 3 is 2.48 bits per heavy atom. The summed E-state index contributed by atoms with van der Waals surface area (Å²) in [6, 6.07) is 17.6. The standard InChI is InChI=1S/C20H15ClN4O2/c1-2-27-20(26)18-17(13-6-4-3-5-7-13)16(12-22)19(23)25(24-18)15-10-8-14(21)9-11-15/h3-11,23H,2H2,1H3. The molecule has 1 heterocycles. The molecule has 1 aromatic heterocycles. The molecule has 0 aliphatic carbocycles. The first kappa shape index (κ1) is 18.4. The highest BCUT2D eigenvalue weighted by molar-refractivity contribution is 6.30. The van der Waals surface area contributed by atoms with Crippen molar-refractivity contribution in [3.63, 3.8) is 0 Å². The first-order chi connectivity index (χ1) is 13.1. The zero-order valence-electron chi connectivity index (χ0n) is 14.4. The second-order valence-corrected chi connectivity index (χ2v) is 5.97. The lowest BCUT2D eigenvalue weighted by Crippen LogP contribution is -2.28. The van der Waals surface area contributed by atoms with E-state index in [4.69, 9.17) is 21.7 Å². The summed E-state index contributed by atoms with van der Waals surface area (Å²) in [7, 11) is 0. The summed E-state index contributed by atoms with van der Waals surface area (Å²) in [6.45, 7) is 1.86. The molecule has 27 heavy (non-hydrogen) atoms. The second kappa shape index (κ2) is 7.85. The molecule has 0 saturated heterocycles. The fourth-order valence-electron chi connectivity index (χ4n) is 2.65. The van der Waals surface area contributed by atoms with Crippen LogP contribution in [0.15, 0.2) is 54.6 Å². The Morgan fingerprint density at radius 2 is 1.89 bits per heavy atom. The van der Waals surface area contributed by atoms with E-state index in [0.717, 1.165) is 0 Å². The van der Waals surface area contributed by atoms with Gasteiger partial charge in [0.15, 0.2) is 11.2 Å². The molecule has 7 heteroatoms. The number of ether oxygens (including phenoxy) is 1. The van der Waals surface area contributed by atoms with Crippen LogP contribution in [0.5, 0.6) is 0 Å². The van der Waals surface area contributed by atoms with Crippen molar-refractivity contribution in [1.29, 1.82) is 10.7 Å². The normalized spacial score (nSPS) is 10.3. The third-order valence-corrected chi connectivity index (χ3v) is 4.10. The largest absolute Gasteiger partial charge is 0.461 e. The van der Waals surface area contributed by atoms with Gasteiger partial charge in [-0.25, -0.2) is 9.48 Å². The smallest absolute Gasteiger partial charge is 0.359 e. The van der Waals surface area contributed by atoms with Gasteiger partial charge < -0.3 is 4.74 Å². The van der Waals surface area contributed by atoms with Gasteiger partial charge in [0, 0.05) is 10.6 Å². The maximum atomic E-state index is 12.6. The van der Waals surface area contributed by atoms with Gasteiger partial charge in [-0.3, -0.25) is 5.41 Å². The summed E-state index contributed by atoms with van der Waals surface area (Å²) < 4.78 is 6.36. The zero-order chi connectivity index (χ0) is 19.4. The van der Waals surface area contributed by atoms with Crippen LogP contribution in [-0.4, -0.2) is 22.4 Å². The van der Waals surface area contributed by atoms with E-state index in [9.17, 15) is 10.1 Å². The van der Waals surface area contributed by atoms with Crippen molar-refractivity contribution in [2.45, 2.75) is 6.92 Å². The van der Waals surface area contributed by atoms with Gasteiger partial charge in [0.2, 0.25) is 0 Å². The van der Waals surface area contributed by atoms with Crippen molar-refractivity contribution in [3.8, 4) is 22.9 Å². The van der Waals surface area contributed by atoms with Crippen molar-refractivity contribution in [2.75, 3.05) is 6.61 Å². The Labute approximate surface area is 160 Å². The average Bonchev–Trinajstić information content (AvgIpc) is 2.69. The number of hydrogen-bond acceptors (Lipinski definition) is 5. The minimum atomic E-state index is -0.657. The van der Waals surface area contributed by atoms with E-state index in [1.807, 2.05) is 12.1 Å². The Hall–Kier alpha value is -3.43. The van der Waals surface area contributed by atoms with E-state index in [1.54, 1.807) is 55.5 Å². The van der Waals surface area contributed by atoms with Crippen molar-refractivity contribution < 1.29 is 9.53 Å². The molecule has 6 nitrogen and oxygen atoms in total. The summed E-state index contributed by atoms with van der Waals surface area (Å²) >= 11 is 5.92. The first-order valence-electron chi connectivity index (χ1n) is 8.17. The molecule has 0 bridgehead atoms. The topological polar surface area (TPSA) is 91.8 Å². The highest BCUT2D eigenvalue weighted by Gasteiger charge is 2.23. The number of halogens is 1. The highest BCUT2D eigenvalue weighted by atomic mass is 35.5. The van der Waals surface area contributed by atoms with E-state index in [-0.39, 0.29) is 28.9 Å². The molecule has 0 aliphatic rings. The number of nitrogens with zero attached hydrogens (tertiary/aromatic N) is 3. The summed E-state index contributed by atoms with van der Waals surface area (Å²) in [6.07, 6.45) is 0. The maximum Gasteiger partial charge on any atom is 0.359 e. The second-order valence-electron chi connectivity index (χ2n) is 5.53. The van der Waals surface area contributed by atoms with Crippen LogP contribution >= 0.6 is 11.6 Å². The van der Waals surface area contributed by atoms with Gasteiger partial charge in [0.05, 0.1) is 12.3 Å². The number of nitrogens with one attached hydrogen (secondary N) is 1. The first-order valence-corrected chi connectivity index (χ1v) is 8.55. The number of carbonyl (C=O) groups is 1. The summed E-state index contributed by atoms with van der Waals surface area (Å²) in [5, 5.41) is 23.1. The zero-order valence-corrected chi connectivity index (χ0v) is 15.2. The van der Waals surface area contributed by atoms with Gasteiger partial charge in [0.1, 0.15) is 11.6 Å². The van der Waals surface area contributed by atoms with E-state index >= 15 is 0 Å². The molecule has 134 valence electrons. The number of rotatable bonds is 4. The lowest BCUT2D eigenvalue weighted by Gasteiger charge is -2.14. The lowest BCUT2D eigenvalue weighted by molar-refractivity contribution is 0.0518. The molecule has 0 amide bonds. The molecule has 1 N–H and O–H groups in total. The van der Waals surface area contributed by atoms with Crippen molar-refractivity contribution in [2.24, 2.45) is 0 Å².